The number of rotatable bonds is 5. The van der Waals surface area contributed by atoms with Gasteiger partial charge in [-0.25, -0.2) is 4.68 Å². The minimum absolute atomic E-state index is 0.0688. The van der Waals surface area contributed by atoms with Crippen LogP contribution in [0.25, 0.3) is 11.1 Å². The van der Waals surface area contributed by atoms with Crippen LogP contribution in [0, 0.1) is 11.3 Å². The van der Waals surface area contributed by atoms with Crippen molar-refractivity contribution in [3.05, 3.63) is 58.5 Å². The molecule has 1 aromatic carbocycles. The van der Waals surface area contributed by atoms with Crippen LogP contribution in [0.3, 0.4) is 0 Å². The van der Waals surface area contributed by atoms with Crippen LogP contribution in [0.15, 0.2) is 52.4 Å². The first-order valence-corrected chi connectivity index (χ1v) is 9.44. The fraction of sp³-hybridized carbons (Fsp3) is 0.333. The number of carbonyl (C=O) groups excluding carboxylic acids is 1. The summed E-state index contributed by atoms with van der Waals surface area (Å²) in [6.07, 6.45) is 6.78. The van der Waals surface area contributed by atoms with Gasteiger partial charge in [0.05, 0.1) is 17.2 Å². The van der Waals surface area contributed by atoms with Crippen molar-refractivity contribution in [2.75, 3.05) is 20.3 Å². The Kier molecular flexibility index (Phi) is 6.76. The Hall–Kier alpha value is -3.44. The third-order valence-corrected chi connectivity index (χ3v) is 4.71. The Morgan fingerprint density at radius 1 is 1.38 bits per heavy atom. The van der Waals surface area contributed by atoms with Gasteiger partial charge in [0.1, 0.15) is 5.84 Å². The number of nitriles is 1. The SMILES string of the molecule is CN=C(/C=C\CC(=O)NC1CCOCC1)n1[nH]cc(-c2ccc(C#N)cc2)c1=O. The first-order chi connectivity index (χ1) is 14.1. The first kappa shape index (κ1) is 20.3. The van der Waals surface area contributed by atoms with Crippen LogP contribution < -0.4 is 10.9 Å². The standard InChI is InChI=1S/C21H23N5O3/c1-23-19(3-2-4-20(27)25-17-9-11-29-12-10-17)26-21(28)18(14-24-26)16-7-5-15(13-22)6-8-16/h2-3,5-8,14,17,24H,4,9-12H2,1H3,(H,25,27)/b3-2-,23-19?. The molecule has 2 heterocycles. The van der Waals surface area contributed by atoms with Gasteiger partial charge in [-0.05, 0) is 36.6 Å². The number of ether oxygens (including phenoxy) is 1. The van der Waals surface area contributed by atoms with Gasteiger partial charge < -0.3 is 10.1 Å². The summed E-state index contributed by atoms with van der Waals surface area (Å²) in [5.41, 5.74) is 1.45. The highest BCUT2D eigenvalue weighted by molar-refractivity contribution is 5.95. The molecular formula is C21H23N5O3. The zero-order chi connectivity index (χ0) is 20.6. The van der Waals surface area contributed by atoms with Crippen molar-refractivity contribution in [3.63, 3.8) is 0 Å². The third kappa shape index (κ3) is 5.09. The molecule has 1 amide bonds. The fourth-order valence-corrected chi connectivity index (χ4v) is 3.12. The maximum atomic E-state index is 12.7. The number of nitrogens with zero attached hydrogens (tertiary/aromatic N) is 3. The lowest BCUT2D eigenvalue weighted by Crippen LogP contribution is -2.38. The van der Waals surface area contributed by atoms with Gasteiger partial charge in [-0.15, -0.1) is 0 Å². The molecule has 1 fully saturated rings. The molecule has 0 saturated carbocycles. The topological polar surface area (TPSA) is 112 Å². The summed E-state index contributed by atoms with van der Waals surface area (Å²) in [6, 6.07) is 9.00. The van der Waals surface area contributed by atoms with Crippen LogP contribution in [0.2, 0.25) is 0 Å². The number of carbonyl (C=O) groups is 1. The zero-order valence-electron chi connectivity index (χ0n) is 16.2. The van der Waals surface area contributed by atoms with Gasteiger partial charge in [-0.1, -0.05) is 18.2 Å². The summed E-state index contributed by atoms with van der Waals surface area (Å²) >= 11 is 0. The monoisotopic (exact) mass is 393 g/mol. The number of aliphatic imine (C=N–C) groups is 1. The van der Waals surface area contributed by atoms with Crippen LogP contribution in [0.4, 0.5) is 0 Å². The van der Waals surface area contributed by atoms with Crippen molar-refractivity contribution >= 4 is 11.7 Å². The lowest BCUT2D eigenvalue weighted by molar-refractivity contribution is -0.121. The summed E-state index contributed by atoms with van der Waals surface area (Å²) < 4.78 is 6.60. The highest BCUT2D eigenvalue weighted by Crippen LogP contribution is 2.15. The van der Waals surface area contributed by atoms with Gasteiger partial charge in [-0.2, -0.15) is 5.26 Å². The highest BCUT2D eigenvalue weighted by atomic mass is 16.5. The van der Waals surface area contributed by atoms with Crippen LogP contribution in [0.1, 0.15) is 24.8 Å². The molecule has 8 heteroatoms. The van der Waals surface area contributed by atoms with E-state index in [9.17, 15) is 9.59 Å². The molecule has 29 heavy (non-hydrogen) atoms. The van der Waals surface area contributed by atoms with E-state index >= 15 is 0 Å². The fourth-order valence-electron chi connectivity index (χ4n) is 3.12. The van der Waals surface area contributed by atoms with Crippen molar-refractivity contribution in [1.29, 1.82) is 5.26 Å². The maximum Gasteiger partial charge on any atom is 0.280 e. The van der Waals surface area contributed by atoms with Crippen molar-refractivity contribution < 1.29 is 9.53 Å². The van der Waals surface area contributed by atoms with Gasteiger partial charge in [0.15, 0.2) is 0 Å². The second-order valence-corrected chi connectivity index (χ2v) is 6.66. The summed E-state index contributed by atoms with van der Waals surface area (Å²) in [5, 5.41) is 14.8. The van der Waals surface area contributed by atoms with E-state index in [2.05, 4.69) is 21.5 Å². The Morgan fingerprint density at radius 3 is 2.76 bits per heavy atom. The zero-order valence-corrected chi connectivity index (χ0v) is 16.2. The quantitative estimate of drug-likeness (QED) is 0.596. The predicted molar refractivity (Wildman–Crippen MR) is 110 cm³/mol. The molecule has 1 aromatic heterocycles. The first-order valence-electron chi connectivity index (χ1n) is 9.44. The van der Waals surface area contributed by atoms with Crippen molar-refractivity contribution in [1.82, 2.24) is 15.1 Å². The van der Waals surface area contributed by atoms with Crippen molar-refractivity contribution in [2.45, 2.75) is 25.3 Å². The lowest BCUT2D eigenvalue weighted by atomic mass is 10.1. The molecule has 0 unspecified atom stereocenters. The lowest BCUT2D eigenvalue weighted by Gasteiger charge is -2.22. The number of nitrogens with one attached hydrogen (secondary N) is 2. The second-order valence-electron chi connectivity index (χ2n) is 6.66. The number of benzene rings is 1. The van der Waals surface area contributed by atoms with E-state index in [-0.39, 0.29) is 23.9 Å². The van der Waals surface area contributed by atoms with Crippen LogP contribution in [-0.4, -0.2) is 47.8 Å². The molecule has 0 aliphatic carbocycles. The smallest absolute Gasteiger partial charge is 0.280 e. The van der Waals surface area contributed by atoms with Gasteiger partial charge >= 0.3 is 0 Å². The van der Waals surface area contributed by atoms with Gasteiger partial charge in [0.2, 0.25) is 5.91 Å². The summed E-state index contributed by atoms with van der Waals surface area (Å²) in [6.45, 7) is 1.34. The molecule has 1 aliphatic heterocycles. The normalized spacial score (nSPS) is 15.4. The molecule has 0 bridgehead atoms. The van der Waals surface area contributed by atoms with Crippen LogP contribution in [0.5, 0.6) is 0 Å². The average Bonchev–Trinajstić information content (AvgIpc) is 3.13. The largest absolute Gasteiger partial charge is 0.381 e. The molecule has 0 atom stereocenters. The summed E-state index contributed by atoms with van der Waals surface area (Å²) in [4.78, 5) is 29.0. The average molecular weight is 393 g/mol. The van der Waals surface area contributed by atoms with E-state index in [0.717, 1.165) is 12.8 Å². The Balaban J connectivity index is 1.66. The molecule has 0 radical (unpaired) electrons. The van der Waals surface area contributed by atoms with Crippen molar-refractivity contribution in [3.8, 4) is 17.2 Å². The molecule has 1 saturated heterocycles. The molecule has 8 nitrogen and oxygen atoms in total. The summed E-state index contributed by atoms with van der Waals surface area (Å²) in [7, 11) is 1.58. The predicted octanol–water partition coefficient (Wildman–Crippen LogP) is 1.83. The number of amides is 1. The molecule has 2 N–H and O–H groups in total. The second kappa shape index (κ2) is 9.66. The minimum atomic E-state index is -0.258. The van der Waals surface area contributed by atoms with E-state index in [0.29, 0.717) is 35.7 Å². The van der Waals surface area contributed by atoms with E-state index in [1.54, 1.807) is 49.7 Å². The van der Waals surface area contributed by atoms with E-state index in [1.165, 1.54) is 4.68 Å². The maximum absolute atomic E-state index is 12.7. The molecule has 150 valence electrons. The number of hydrogen-bond donors (Lipinski definition) is 2. The van der Waals surface area contributed by atoms with Gasteiger partial charge in [-0.3, -0.25) is 19.7 Å². The molecule has 1 aliphatic rings. The van der Waals surface area contributed by atoms with Gasteiger partial charge in [0, 0.05) is 38.9 Å². The number of aromatic amines is 1. The molecule has 2 aromatic rings. The van der Waals surface area contributed by atoms with Crippen molar-refractivity contribution in [2.24, 2.45) is 4.99 Å². The highest BCUT2D eigenvalue weighted by Gasteiger charge is 2.15. The van der Waals surface area contributed by atoms with E-state index in [1.807, 2.05) is 0 Å². The van der Waals surface area contributed by atoms with Crippen LogP contribution >= 0.6 is 0 Å². The Labute approximate surface area is 168 Å². The van der Waals surface area contributed by atoms with E-state index in [4.69, 9.17) is 10.00 Å². The molecule has 0 spiro atoms. The Morgan fingerprint density at radius 2 is 2.10 bits per heavy atom. The summed E-state index contributed by atoms with van der Waals surface area (Å²) in [5.74, 6) is 0.328. The number of H-pyrrole nitrogens is 1. The van der Waals surface area contributed by atoms with Gasteiger partial charge in [0.25, 0.3) is 5.56 Å². The Bertz CT molecular complexity index is 1000. The third-order valence-electron chi connectivity index (χ3n) is 4.71. The number of aromatic nitrogens is 2. The number of allylic oxidation sites excluding steroid dienone is 1. The van der Waals surface area contributed by atoms with E-state index < -0.39 is 0 Å². The minimum Gasteiger partial charge on any atom is -0.381 e. The number of hydrogen-bond acceptors (Lipinski definition) is 5. The molecule has 3 rings (SSSR count). The molecular weight excluding hydrogens is 370 g/mol. The van der Waals surface area contributed by atoms with Crippen LogP contribution in [-0.2, 0) is 9.53 Å².